The SMILES string of the molecule is CC(C)C(=O)NS(=O)(=O)c1ccc(C(=O)N[C@H]2CC[C@H](C#Cc3nc4cc(Cl)ccc4o3)CC2)o1. The third-order valence-electron chi connectivity index (χ3n) is 5.62. The lowest BCUT2D eigenvalue weighted by Gasteiger charge is -2.26. The zero-order valence-electron chi connectivity index (χ0n) is 19.1. The Balaban J connectivity index is 1.30. The van der Waals surface area contributed by atoms with Crippen LogP contribution < -0.4 is 10.0 Å². The van der Waals surface area contributed by atoms with Gasteiger partial charge in [0.05, 0.1) is 0 Å². The first-order valence-electron chi connectivity index (χ1n) is 11.2. The van der Waals surface area contributed by atoms with Crippen LogP contribution in [0, 0.1) is 23.7 Å². The van der Waals surface area contributed by atoms with Crippen LogP contribution in [0.4, 0.5) is 0 Å². The van der Waals surface area contributed by atoms with E-state index in [0.29, 0.717) is 34.9 Å². The maximum Gasteiger partial charge on any atom is 0.297 e. The summed E-state index contributed by atoms with van der Waals surface area (Å²) in [4.78, 5) is 28.6. The second kappa shape index (κ2) is 10.1. The average molecular weight is 518 g/mol. The number of fused-ring (bicyclic) bond motifs is 1. The molecule has 9 nitrogen and oxygen atoms in total. The molecule has 0 aliphatic heterocycles. The van der Waals surface area contributed by atoms with E-state index in [2.05, 4.69) is 22.1 Å². The van der Waals surface area contributed by atoms with Crippen LogP contribution in [0.25, 0.3) is 11.1 Å². The molecule has 1 fully saturated rings. The third kappa shape index (κ3) is 6.05. The number of nitrogens with zero attached hydrogens (tertiary/aromatic N) is 1. The molecular weight excluding hydrogens is 494 g/mol. The number of hydrogen-bond acceptors (Lipinski definition) is 7. The van der Waals surface area contributed by atoms with Gasteiger partial charge in [0, 0.05) is 22.9 Å². The van der Waals surface area contributed by atoms with E-state index >= 15 is 0 Å². The van der Waals surface area contributed by atoms with E-state index in [1.165, 1.54) is 6.07 Å². The molecule has 0 bridgehead atoms. The molecule has 4 rings (SSSR count). The van der Waals surface area contributed by atoms with E-state index in [4.69, 9.17) is 20.4 Å². The van der Waals surface area contributed by atoms with Gasteiger partial charge in [-0.3, -0.25) is 9.59 Å². The van der Waals surface area contributed by atoms with Gasteiger partial charge in [0.25, 0.3) is 21.8 Å². The van der Waals surface area contributed by atoms with Crippen molar-refractivity contribution in [3.63, 3.8) is 0 Å². The fraction of sp³-hybridized carbons (Fsp3) is 0.375. The van der Waals surface area contributed by atoms with E-state index in [-0.39, 0.29) is 17.7 Å². The average Bonchev–Trinajstić information content (AvgIpc) is 3.46. The van der Waals surface area contributed by atoms with Crippen molar-refractivity contribution in [1.29, 1.82) is 0 Å². The van der Waals surface area contributed by atoms with Crippen molar-refractivity contribution in [2.75, 3.05) is 0 Å². The van der Waals surface area contributed by atoms with E-state index in [1.54, 1.807) is 32.0 Å². The van der Waals surface area contributed by atoms with Gasteiger partial charge in [-0.25, -0.2) is 9.71 Å². The molecule has 1 aliphatic carbocycles. The predicted molar refractivity (Wildman–Crippen MR) is 128 cm³/mol. The minimum atomic E-state index is -4.18. The Labute approximate surface area is 207 Å². The molecule has 2 N–H and O–H groups in total. The molecular formula is C24H24ClN3O6S. The molecule has 1 aliphatic rings. The topological polar surface area (TPSA) is 132 Å². The number of oxazole rings is 1. The Hall–Kier alpha value is -3.29. The van der Waals surface area contributed by atoms with E-state index in [1.807, 2.05) is 4.72 Å². The zero-order valence-corrected chi connectivity index (χ0v) is 20.7. The molecule has 0 unspecified atom stereocenters. The number of hydrogen-bond donors (Lipinski definition) is 2. The van der Waals surface area contributed by atoms with Gasteiger partial charge in [0.15, 0.2) is 11.3 Å². The number of halogens is 1. The minimum Gasteiger partial charge on any atom is -0.438 e. The maximum atomic E-state index is 12.5. The molecule has 0 atom stereocenters. The summed E-state index contributed by atoms with van der Waals surface area (Å²) in [7, 11) is -4.18. The van der Waals surface area contributed by atoms with Gasteiger partial charge in [0.2, 0.25) is 11.0 Å². The summed E-state index contributed by atoms with van der Waals surface area (Å²) in [6, 6.07) is 7.54. The number of carbonyl (C=O) groups is 2. The predicted octanol–water partition coefficient (Wildman–Crippen LogP) is 3.88. The van der Waals surface area contributed by atoms with Crippen molar-refractivity contribution >= 4 is 44.5 Å². The lowest BCUT2D eigenvalue weighted by molar-refractivity contribution is -0.122. The standard InChI is InChI=1S/C24H24ClN3O6S/c1-14(2)23(29)28-35(31,32)22-12-10-20(34-22)24(30)26-17-7-3-15(4-8-17)5-11-21-27-18-13-16(25)6-9-19(18)33-21/h6,9-10,12-15,17H,3-4,7-8H2,1-2H3,(H,26,30)(H,28,29)/t15-,17-. The Morgan fingerprint density at radius 1 is 1.11 bits per heavy atom. The number of sulfonamides is 1. The molecule has 0 spiro atoms. The first-order chi connectivity index (χ1) is 16.6. The summed E-state index contributed by atoms with van der Waals surface area (Å²) in [5, 5.41) is 2.96. The van der Waals surface area contributed by atoms with Gasteiger partial charge in [-0.05, 0) is 61.9 Å². The number of amides is 2. The maximum absolute atomic E-state index is 12.5. The highest BCUT2D eigenvalue weighted by atomic mass is 35.5. The van der Waals surface area contributed by atoms with Crippen LogP contribution in [0.2, 0.25) is 5.02 Å². The van der Waals surface area contributed by atoms with Crippen LogP contribution in [-0.2, 0) is 14.8 Å². The second-order valence-electron chi connectivity index (χ2n) is 8.67. The molecule has 2 aromatic heterocycles. The van der Waals surface area contributed by atoms with Crippen LogP contribution in [0.5, 0.6) is 0 Å². The highest BCUT2D eigenvalue weighted by Gasteiger charge is 2.26. The molecule has 0 saturated heterocycles. The van der Waals surface area contributed by atoms with Gasteiger partial charge < -0.3 is 14.2 Å². The number of rotatable bonds is 5. The van der Waals surface area contributed by atoms with Gasteiger partial charge in [0.1, 0.15) is 5.52 Å². The summed E-state index contributed by atoms with van der Waals surface area (Å²) < 4.78 is 37.3. The fourth-order valence-corrected chi connectivity index (χ4v) is 4.86. The van der Waals surface area contributed by atoms with Crippen molar-refractivity contribution < 1.29 is 26.8 Å². The van der Waals surface area contributed by atoms with E-state index < -0.39 is 32.8 Å². The first-order valence-corrected chi connectivity index (χ1v) is 13.0. The van der Waals surface area contributed by atoms with Crippen LogP contribution in [0.1, 0.15) is 56.0 Å². The number of benzene rings is 1. The van der Waals surface area contributed by atoms with Gasteiger partial charge >= 0.3 is 0 Å². The zero-order chi connectivity index (χ0) is 25.2. The second-order valence-corrected chi connectivity index (χ2v) is 10.7. The summed E-state index contributed by atoms with van der Waals surface area (Å²) in [5.41, 5.74) is 1.28. The number of nitrogens with one attached hydrogen (secondary N) is 2. The molecule has 1 aromatic carbocycles. The van der Waals surface area contributed by atoms with Crippen LogP contribution >= 0.6 is 11.6 Å². The molecule has 184 valence electrons. The molecule has 11 heteroatoms. The summed E-state index contributed by atoms with van der Waals surface area (Å²) in [6.45, 7) is 3.14. The van der Waals surface area contributed by atoms with Gasteiger partial charge in [-0.2, -0.15) is 8.42 Å². The molecule has 35 heavy (non-hydrogen) atoms. The molecule has 2 amide bonds. The lowest BCUT2D eigenvalue weighted by atomic mass is 9.86. The fourth-order valence-electron chi connectivity index (χ4n) is 3.64. The monoisotopic (exact) mass is 517 g/mol. The largest absolute Gasteiger partial charge is 0.438 e. The first kappa shape index (κ1) is 24.8. The van der Waals surface area contributed by atoms with Gasteiger partial charge in [-0.15, -0.1) is 0 Å². The van der Waals surface area contributed by atoms with Crippen molar-refractivity contribution in [2.24, 2.45) is 11.8 Å². The number of aromatic nitrogens is 1. The normalized spacial score (nSPS) is 18.2. The quantitative estimate of drug-likeness (QED) is 0.491. The van der Waals surface area contributed by atoms with Crippen molar-refractivity contribution in [1.82, 2.24) is 15.0 Å². The Morgan fingerprint density at radius 2 is 1.86 bits per heavy atom. The van der Waals surface area contributed by atoms with E-state index in [0.717, 1.165) is 18.9 Å². The van der Waals surface area contributed by atoms with Crippen molar-refractivity contribution in [3.8, 4) is 11.8 Å². The molecule has 1 saturated carbocycles. The van der Waals surface area contributed by atoms with Gasteiger partial charge in [-0.1, -0.05) is 31.4 Å². The third-order valence-corrected chi connectivity index (χ3v) is 7.08. The number of furan rings is 1. The Kier molecular flexibility index (Phi) is 7.19. The van der Waals surface area contributed by atoms with E-state index in [9.17, 15) is 18.0 Å². The smallest absolute Gasteiger partial charge is 0.297 e. The number of carbonyl (C=O) groups excluding carboxylic acids is 2. The van der Waals surface area contributed by atoms with Crippen LogP contribution in [0.15, 0.2) is 44.3 Å². The summed E-state index contributed by atoms with van der Waals surface area (Å²) in [6.07, 6.45) is 2.99. The van der Waals surface area contributed by atoms with Crippen molar-refractivity contribution in [3.05, 3.63) is 47.0 Å². The summed E-state index contributed by atoms with van der Waals surface area (Å²) >= 11 is 5.97. The highest BCUT2D eigenvalue weighted by Crippen LogP contribution is 2.25. The van der Waals surface area contributed by atoms with Crippen LogP contribution in [0.3, 0.4) is 0 Å². The minimum absolute atomic E-state index is 0.0854. The van der Waals surface area contributed by atoms with Crippen molar-refractivity contribution in [2.45, 2.75) is 50.7 Å². The molecule has 3 aromatic rings. The lowest BCUT2D eigenvalue weighted by Crippen LogP contribution is -2.37. The summed E-state index contributed by atoms with van der Waals surface area (Å²) in [5.74, 6) is 4.83. The molecule has 0 radical (unpaired) electrons. The Bertz CT molecular complexity index is 1420. The molecule has 2 heterocycles. The Morgan fingerprint density at radius 3 is 2.57 bits per heavy atom. The highest BCUT2D eigenvalue weighted by molar-refractivity contribution is 7.89. The van der Waals surface area contributed by atoms with Crippen LogP contribution in [-0.4, -0.2) is 31.3 Å².